The predicted octanol–water partition coefficient (Wildman–Crippen LogP) is 6.72. The number of allylic oxidation sites excluding steroid dienone is 6. The number of hydrogen-bond donors (Lipinski definition) is 1. The minimum Gasteiger partial charge on any atom is -0.478 e. The van der Waals surface area contributed by atoms with Crippen molar-refractivity contribution in [3.05, 3.63) is 123 Å². The molecule has 0 amide bonds. The average Bonchev–Trinajstić information content (AvgIpc) is 3.42. The number of fused-ring (bicyclic) bond motifs is 1. The first-order valence-corrected chi connectivity index (χ1v) is 10.4. The van der Waals surface area contributed by atoms with E-state index in [1.165, 1.54) is 27.8 Å². The van der Waals surface area contributed by atoms with Gasteiger partial charge in [0, 0.05) is 6.08 Å². The lowest BCUT2D eigenvalue weighted by Gasteiger charge is -2.18. The monoisotopic (exact) mass is 405 g/mol. The first-order chi connectivity index (χ1) is 15.1. The summed E-state index contributed by atoms with van der Waals surface area (Å²) >= 11 is 0. The van der Waals surface area contributed by atoms with Crippen LogP contribution in [0.4, 0.5) is 0 Å². The van der Waals surface area contributed by atoms with Crippen molar-refractivity contribution in [2.24, 2.45) is 0 Å². The van der Waals surface area contributed by atoms with E-state index in [9.17, 15) is 4.79 Å². The normalized spacial score (nSPS) is 15.7. The molecular weight excluding hydrogens is 382 g/mol. The third kappa shape index (κ3) is 4.20. The van der Waals surface area contributed by atoms with Gasteiger partial charge in [0.15, 0.2) is 5.70 Å². The first kappa shape index (κ1) is 20.4. The molecule has 0 radical (unpaired) electrons. The van der Waals surface area contributed by atoms with Gasteiger partial charge < -0.3 is 5.11 Å². The predicted molar refractivity (Wildman–Crippen MR) is 126 cm³/mol. The molecule has 0 heterocycles. The summed E-state index contributed by atoms with van der Waals surface area (Å²) in [6, 6.07) is 16.4. The molecule has 0 fully saturated rings. The van der Waals surface area contributed by atoms with Crippen molar-refractivity contribution in [1.82, 2.24) is 0 Å². The second-order valence-electron chi connectivity index (χ2n) is 7.62. The zero-order valence-corrected chi connectivity index (χ0v) is 17.4. The molecule has 1 N–H and O–H groups in total. The molecule has 3 nitrogen and oxygen atoms in total. The molecule has 31 heavy (non-hydrogen) atoms. The van der Waals surface area contributed by atoms with Gasteiger partial charge in [-0.1, -0.05) is 73.7 Å². The molecule has 0 bridgehead atoms. The van der Waals surface area contributed by atoms with Crippen molar-refractivity contribution in [2.45, 2.75) is 26.2 Å². The second kappa shape index (κ2) is 8.85. The SMILES string of the molecule is [C-]#[N+]C1=C(/C(CC)=C(/C2=Cc3ccccc3C2)c2ccc(/C=C/C(=O)O)cc2)C=CC1. The summed E-state index contributed by atoms with van der Waals surface area (Å²) in [5, 5.41) is 8.88. The van der Waals surface area contributed by atoms with Crippen molar-refractivity contribution in [1.29, 1.82) is 0 Å². The van der Waals surface area contributed by atoms with Gasteiger partial charge in [0.2, 0.25) is 0 Å². The highest BCUT2D eigenvalue weighted by atomic mass is 16.4. The van der Waals surface area contributed by atoms with Crippen LogP contribution in [0.5, 0.6) is 0 Å². The van der Waals surface area contributed by atoms with Gasteiger partial charge in [-0.3, -0.25) is 0 Å². The van der Waals surface area contributed by atoms with Crippen LogP contribution in [0.25, 0.3) is 22.6 Å². The van der Waals surface area contributed by atoms with Crippen LogP contribution in [-0.2, 0) is 11.2 Å². The van der Waals surface area contributed by atoms with Crippen LogP contribution < -0.4 is 0 Å². The number of nitrogens with zero attached hydrogens (tertiary/aromatic N) is 1. The minimum atomic E-state index is -0.960. The Bertz CT molecular complexity index is 1230. The van der Waals surface area contributed by atoms with Gasteiger partial charge in [-0.2, -0.15) is 0 Å². The van der Waals surface area contributed by atoms with Crippen molar-refractivity contribution >= 4 is 23.7 Å². The number of carboxylic acid groups (broad SMARTS) is 1. The molecule has 0 saturated heterocycles. The molecule has 2 aromatic carbocycles. The average molecular weight is 405 g/mol. The third-order valence-electron chi connectivity index (χ3n) is 5.73. The molecule has 3 heteroatoms. The quantitative estimate of drug-likeness (QED) is 0.428. The van der Waals surface area contributed by atoms with E-state index in [0.29, 0.717) is 6.42 Å². The Morgan fingerprint density at radius 3 is 2.61 bits per heavy atom. The van der Waals surface area contributed by atoms with Gasteiger partial charge in [0.1, 0.15) is 0 Å². The molecule has 4 rings (SSSR count). The van der Waals surface area contributed by atoms with Crippen molar-refractivity contribution in [3.63, 3.8) is 0 Å². The van der Waals surface area contributed by atoms with Gasteiger partial charge in [0.05, 0.1) is 6.57 Å². The molecule has 0 atom stereocenters. The van der Waals surface area contributed by atoms with Crippen LogP contribution >= 0.6 is 0 Å². The molecule has 0 aromatic heterocycles. The van der Waals surface area contributed by atoms with E-state index in [4.69, 9.17) is 11.7 Å². The van der Waals surface area contributed by atoms with Crippen LogP contribution in [0.1, 0.15) is 42.0 Å². The Kier molecular flexibility index (Phi) is 5.82. The van der Waals surface area contributed by atoms with Gasteiger partial charge in [-0.15, -0.1) is 0 Å². The van der Waals surface area contributed by atoms with E-state index in [1.807, 2.05) is 24.3 Å². The van der Waals surface area contributed by atoms with Crippen LogP contribution in [0.3, 0.4) is 0 Å². The maximum absolute atomic E-state index is 10.8. The molecule has 2 aliphatic carbocycles. The van der Waals surface area contributed by atoms with Crippen molar-refractivity contribution in [2.75, 3.05) is 0 Å². The fourth-order valence-corrected chi connectivity index (χ4v) is 4.30. The maximum Gasteiger partial charge on any atom is 0.328 e. The van der Waals surface area contributed by atoms with E-state index in [-0.39, 0.29) is 0 Å². The molecular formula is C28H23NO2. The number of hydrogen-bond acceptors (Lipinski definition) is 1. The first-order valence-electron chi connectivity index (χ1n) is 10.4. The highest BCUT2D eigenvalue weighted by Crippen LogP contribution is 2.41. The summed E-state index contributed by atoms with van der Waals surface area (Å²) in [6.07, 6.45) is 11.5. The minimum absolute atomic E-state index is 0.688. The van der Waals surface area contributed by atoms with Crippen molar-refractivity contribution in [3.8, 4) is 0 Å². The lowest BCUT2D eigenvalue weighted by molar-refractivity contribution is -0.131. The lowest BCUT2D eigenvalue weighted by atomic mass is 9.86. The van der Waals surface area contributed by atoms with E-state index >= 15 is 0 Å². The van der Waals surface area contributed by atoms with Crippen LogP contribution in [0.2, 0.25) is 0 Å². The molecule has 0 spiro atoms. The highest BCUT2D eigenvalue weighted by molar-refractivity contribution is 5.92. The Balaban J connectivity index is 1.86. The number of aliphatic carboxylic acids is 1. The summed E-state index contributed by atoms with van der Waals surface area (Å²) < 4.78 is 0. The fourth-order valence-electron chi connectivity index (χ4n) is 4.30. The van der Waals surface area contributed by atoms with Gasteiger partial charge >= 0.3 is 5.97 Å². The zero-order chi connectivity index (χ0) is 21.8. The second-order valence-corrected chi connectivity index (χ2v) is 7.62. The Labute approximate surface area is 182 Å². The molecule has 2 aromatic rings. The van der Waals surface area contributed by atoms with E-state index in [2.05, 4.69) is 54.3 Å². The molecule has 0 saturated carbocycles. The van der Waals surface area contributed by atoms with Crippen LogP contribution in [0, 0.1) is 6.57 Å². The number of rotatable bonds is 6. The Hall–Kier alpha value is -3.90. The summed E-state index contributed by atoms with van der Waals surface area (Å²) in [5.41, 5.74) is 9.94. The number of carbonyl (C=O) groups is 1. The number of benzene rings is 2. The van der Waals surface area contributed by atoms with Gasteiger partial charge in [-0.05, 0) is 69.9 Å². The van der Waals surface area contributed by atoms with E-state index in [0.717, 1.165) is 41.3 Å². The zero-order valence-electron chi connectivity index (χ0n) is 17.4. The van der Waals surface area contributed by atoms with E-state index in [1.54, 1.807) is 6.08 Å². The molecule has 0 unspecified atom stereocenters. The Morgan fingerprint density at radius 1 is 1.16 bits per heavy atom. The maximum atomic E-state index is 10.8. The number of carboxylic acids is 1. The third-order valence-corrected chi connectivity index (χ3v) is 5.73. The van der Waals surface area contributed by atoms with Gasteiger partial charge in [0.25, 0.3) is 0 Å². The molecule has 0 aliphatic heterocycles. The standard InChI is InChI=1S/C28H23NO2/c1-3-24(25-9-6-10-26(25)29-2)28(23-17-21-7-4-5-8-22(21)18-23)20-14-11-19(12-15-20)13-16-27(30)31/h4-9,11-17H,3,10,18H2,1H3,(H,30,31)/b16-13+,28-24+. The largest absolute Gasteiger partial charge is 0.478 e. The lowest BCUT2D eigenvalue weighted by Crippen LogP contribution is -1.99. The summed E-state index contributed by atoms with van der Waals surface area (Å²) in [7, 11) is 0. The van der Waals surface area contributed by atoms with Crippen LogP contribution in [-0.4, -0.2) is 11.1 Å². The highest BCUT2D eigenvalue weighted by Gasteiger charge is 2.23. The Morgan fingerprint density at radius 2 is 1.94 bits per heavy atom. The smallest absolute Gasteiger partial charge is 0.328 e. The molecule has 152 valence electrons. The summed E-state index contributed by atoms with van der Waals surface area (Å²) in [5.74, 6) is -0.960. The topological polar surface area (TPSA) is 41.7 Å². The van der Waals surface area contributed by atoms with Gasteiger partial charge in [-0.25, -0.2) is 9.64 Å². The fraction of sp³-hybridized carbons (Fsp3) is 0.143. The van der Waals surface area contributed by atoms with E-state index < -0.39 is 5.97 Å². The van der Waals surface area contributed by atoms with Crippen molar-refractivity contribution < 1.29 is 9.90 Å². The summed E-state index contributed by atoms with van der Waals surface area (Å²) in [4.78, 5) is 14.6. The molecule has 2 aliphatic rings. The summed E-state index contributed by atoms with van der Waals surface area (Å²) in [6.45, 7) is 9.74. The van der Waals surface area contributed by atoms with Crippen LogP contribution in [0.15, 0.2) is 89.2 Å².